The Kier molecular flexibility index (Phi) is 5.95. The summed E-state index contributed by atoms with van der Waals surface area (Å²) in [6, 6.07) is 10.7. The number of non-ortho nitro benzene ring substituents is 1. The molecule has 0 saturated carbocycles. The molecule has 2 aromatic carbocycles. The minimum Gasteiger partial charge on any atom is -0.507 e. The molecule has 9 nitrogen and oxygen atoms in total. The van der Waals surface area contributed by atoms with Crippen molar-refractivity contribution in [2.75, 3.05) is 11.1 Å². The van der Waals surface area contributed by atoms with Crippen molar-refractivity contribution >= 4 is 45.0 Å². The van der Waals surface area contributed by atoms with Crippen LogP contribution in [0, 0.1) is 10.1 Å². The predicted octanol–water partition coefficient (Wildman–Crippen LogP) is 3.59. The molecule has 3 rings (SSSR count). The number of nitro benzene ring substituents is 1. The summed E-state index contributed by atoms with van der Waals surface area (Å²) >= 11 is 4.51. The second-order valence-corrected chi connectivity index (χ2v) is 7.53. The first-order chi connectivity index (χ1) is 13.3. The minimum absolute atomic E-state index is 0.0408. The van der Waals surface area contributed by atoms with Gasteiger partial charge in [0.15, 0.2) is 11.0 Å². The number of benzene rings is 2. The molecule has 0 aliphatic rings. The fourth-order valence-corrected chi connectivity index (χ4v) is 3.46. The highest BCUT2D eigenvalue weighted by atomic mass is 79.9. The second kappa shape index (κ2) is 8.40. The lowest BCUT2D eigenvalue weighted by Gasteiger charge is -2.07. The summed E-state index contributed by atoms with van der Waals surface area (Å²) in [4.78, 5) is 22.4. The number of carbonyl (C=O) groups is 1. The number of rotatable bonds is 6. The summed E-state index contributed by atoms with van der Waals surface area (Å²) in [6.45, 7) is 0. The molecule has 0 atom stereocenters. The lowest BCUT2D eigenvalue weighted by molar-refractivity contribution is -0.384. The van der Waals surface area contributed by atoms with E-state index in [0.29, 0.717) is 22.2 Å². The SMILES string of the molecule is Cn1c(SCC(=O)Nc2cccc([N+](=O)[O-])c2)nnc1-c1cc(Br)ccc1O. The van der Waals surface area contributed by atoms with Crippen molar-refractivity contribution in [1.82, 2.24) is 14.8 Å². The number of carbonyl (C=O) groups excluding carboxylic acids is 1. The van der Waals surface area contributed by atoms with Crippen LogP contribution in [0.3, 0.4) is 0 Å². The molecule has 0 saturated heterocycles. The number of phenolic OH excluding ortho intramolecular Hbond substituents is 1. The van der Waals surface area contributed by atoms with Gasteiger partial charge in [-0.2, -0.15) is 0 Å². The van der Waals surface area contributed by atoms with E-state index in [-0.39, 0.29) is 23.1 Å². The van der Waals surface area contributed by atoms with Gasteiger partial charge in [0.25, 0.3) is 5.69 Å². The van der Waals surface area contributed by atoms with Gasteiger partial charge in [-0.15, -0.1) is 10.2 Å². The highest BCUT2D eigenvalue weighted by molar-refractivity contribution is 9.10. The molecule has 0 radical (unpaired) electrons. The Labute approximate surface area is 172 Å². The van der Waals surface area contributed by atoms with E-state index >= 15 is 0 Å². The fourth-order valence-electron chi connectivity index (χ4n) is 2.39. The highest BCUT2D eigenvalue weighted by Gasteiger charge is 2.16. The molecule has 1 amide bonds. The minimum atomic E-state index is -0.525. The summed E-state index contributed by atoms with van der Waals surface area (Å²) in [5.41, 5.74) is 0.756. The number of aromatic hydroxyl groups is 1. The predicted molar refractivity (Wildman–Crippen MR) is 108 cm³/mol. The third-order valence-electron chi connectivity index (χ3n) is 3.71. The topological polar surface area (TPSA) is 123 Å². The molecular formula is C17H14BrN5O4S. The first-order valence-corrected chi connectivity index (χ1v) is 9.68. The summed E-state index contributed by atoms with van der Waals surface area (Å²) in [7, 11) is 1.73. The van der Waals surface area contributed by atoms with E-state index in [9.17, 15) is 20.0 Å². The van der Waals surface area contributed by atoms with E-state index < -0.39 is 4.92 Å². The van der Waals surface area contributed by atoms with E-state index in [1.807, 2.05) is 0 Å². The zero-order chi connectivity index (χ0) is 20.3. The van der Waals surface area contributed by atoms with Gasteiger partial charge < -0.3 is 15.0 Å². The average molecular weight is 464 g/mol. The van der Waals surface area contributed by atoms with Crippen LogP contribution in [0.15, 0.2) is 52.1 Å². The lowest BCUT2D eigenvalue weighted by Crippen LogP contribution is -2.14. The van der Waals surface area contributed by atoms with Gasteiger partial charge in [-0.1, -0.05) is 33.8 Å². The van der Waals surface area contributed by atoms with Crippen LogP contribution < -0.4 is 5.32 Å². The van der Waals surface area contributed by atoms with Crippen molar-refractivity contribution in [3.8, 4) is 17.1 Å². The maximum atomic E-state index is 12.1. The molecule has 28 heavy (non-hydrogen) atoms. The molecule has 3 aromatic rings. The number of hydrogen-bond acceptors (Lipinski definition) is 7. The smallest absolute Gasteiger partial charge is 0.271 e. The van der Waals surface area contributed by atoms with Crippen LogP contribution in [0.5, 0.6) is 5.75 Å². The summed E-state index contributed by atoms with van der Waals surface area (Å²) in [5, 5.41) is 32.1. The van der Waals surface area contributed by atoms with E-state index in [4.69, 9.17) is 0 Å². The van der Waals surface area contributed by atoms with Crippen LogP contribution in [-0.2, 0) is 11.8 Å². The van der Waals surface area contributed by atoms with Gasteiger partial charge in [0.2, 0.25) is 5.91 Å². The monoisotopic (exact) mass is 463 g/mol. The van der Waals surface area contributed by atoms with E-state index in [2.05, 4.69) is 31.4 Å². The largest absolute Gasteiger partial charge is 0.507 e. The standard InChI is InChI=1S/C17H14BrN5O4S/c1-22-16(13-7-10(18)5-6-14(13)24)20-21-17(22)28-9-15(25)19-11-3-2-4-12(8-11)23(26)27/h2-8,24H,9H2,1H3,(H,19,25). The van der Waals surface area contributed by atoms with Crippen molar-refractivity contribution < 1.29 is 14.8 Å². The van der Waals surface area contributed by atoms with Gasteiger partial charge >= 0.3 is 0 Å². The fraction of sp³-hybridized carbons (Fsp3) is 0.118. The normalized spacial score (nSPS) is 10.6. The molecular weight excluding hydrogens is 450 g/mol. The first kappa shape index (κ1) is 19.8. The zero-order valence-electron chi connectivity index (χ0n) is 14.5. The van der Waals surface area contributed by atoms with E-state index in [1.54, 1.807) is 35.9 Å². The van der Waals surface area contributed by atoms with Crippen LogP contribution in [0.25, 0.3) is 11.4 Å². The number of hydrogen-bond donors (Lipinski definition) is 2. The maximum absolute atomic E-state index is 12.1. The molecule has 144 valence electrons. The Morgan fingerprint density at radius 2 is 2.11 bits per heavy atom. The maximum Gasteiger partial charge on any atom is 0.271 e. The Balaban J connectivity index is 1.68. The molecule has 0 spiro atoms. The number of nitrogens with zero attached hydrogens (tertiary/aromatic N) is 4. The number of nitro groups is 1. The molecule has 0 aliphatic heterocycles. The number of amides is 1. The van der Waals surface area contributed by atoms with Gasteiger partial charge in [-0.05, 0) is 24.3 Å². The Bertz CT molecular complexity index is 1060. The highest BCUT2D eigenvalue weighted by Crippen LogP contribution is 2.32. The Hall–Kier alpha value is -2.92. The number of nitrogens with one attached hydrogen (secondary N) is 1. The summed E-state index contributed by atoms with van der Waals surface area (Å²) < 4.78 is 2.46. The molecule has 0 unspecified atom stereocenters. The van der Waals surface area contributed by atoms with E-state index in [0.717, 1.165) is 16.2 Å². The third kappa shape index (κ3) is 4.49. The second-order valence-electron chi connectivity index (χ2n) is 5.67. The van der Waals surface area contributed by atoms with Crippen molar-refractivity contribution in [3.05, 3.63) is 57.1 Å². The molecule has 1 aromatic heterocycles. The average Bonchev–Trinajstić information content (AvgIpc) is 3.02. The van der Waals surface area contributed by atoms with Crippen LogP contribution in [0.4, 0.5) is 11.4 Å². The molecule has 11 heteroatoms. The molecule has 1 heterocycles. The van der Waals surface area contributed by atoms with Crippen LogP contribution in [0.1, 0.15) is 0 Å². The molecule has 0 fully saturated rings. The number of halogens is 1. The van der Waals surface area contributed by atoms with E-state index in [1.165, 1.54) is 18.2 Å². The summed E-state index contributed by atoms with van der Waals surface area (Å²) in [6.07, 6.45) is 0. The van der Waals surface area contributed by atoms with Crippen molar-refractivity contribution in [3.63, 3.8) is 0 Å². The van der Waals surface area contributed by atoms with Crippen molar-refractivity contribution in [1.29, 1.82) is 0 Å². The molecule has 0 aliphatic carbocycles. The summed E-state index contributed by atoms with van der Waals surface area (Å²) in [5.74, 6) is 0.235. The van der Waals surface area contributed by atoms with Gasteiger partial charge in [0.1, 0.15) is 5.75 Å². The number of phenols is 1. The van der Waals surface area contributed by atoms with Crippen molar-refractivity contribution in [2.45, 2.75) is 5.16 Å². The lowest BCUT2D eigenvalue weighted by atomic mass is 10.2. The number of aromatic nitrogens is 3. The van der Waals surface area contributed by atoms with Crippen LogP contribution in [-0.4, -0.2) is 36.5 Å². The number of anilines is 1. The van der Waals surface area contributed by atoms with Gasteiger partial charge in [-0.25, -0.2) is 0 Å². The third-order valence-corrected chi connectivity index (χ3v) is 5.22. The van der Waals surface area contributed by atoms with Gasteiger partial charge in [0.05, 0.1) is 16.2 Å². The first-order valence-electron chi connectivity index (χ1n) is 7.90. The van der Waals surface area contributed by atoms with Crippen molar-refractivity contribution in [2.24, 2.45) is 7.05 Å². The van der Waals surface area contributed by atoms with Crippen LogP contribution >= 0.6 is 27.7 Å². The zero-order valence-corrected chi connectivity index (χ0v) is 16.9. The number of thioether (sulfide) groups is 1. The van der Waals surface area contributed by atoms with Gasteiger partial charge in [-0.3, -0.25) is 14.9 Å². The molecule has 0 bridgehead atoms. The Morgan fingerprint density at radius 3 is 2.86 bits per heavy atom. The molecule has 2 N–H and O–H groups in total. The van der Waals surface area contributed by atoms with Gasteiger partial charge in [0, 0.05) is 29.3 Å². The quantitative estimate of drug-likeness (QED) is 0.325. The van der Waals surface area contributed by atoms with Crippen LogP contribution in [0.2, 0.25) is 0 Å². The Morgan fingerprint density at radius 1 is 1.32 bits per heavy atom.